The number of benzene rings is 7. The summed E-state index contributed by atoms with van der Waals surface area (Å²) in [6.07, 6.45) is -0.0929. The monoisotopic (exact) mass is 523 g/mol. The molecule has 1 N–H and O–H groups in total. The van der Waals surface area contributed by atoms with Crippen LogP contribution in [0.3, 0.4) is 0 Å². The van der Waals surface area contributed by atoms with E-state index < -0.39 is 0 Å². The molecule has 2 aliphatic heterocycles. The zero-order valence-electron chi connectivity index (χ0n) is 22.3. The normalized spacial score (nSPS) is 15.4. The zero-order chi connectivity index (χ0) is 26.9. The van der Waals surface area contributed by atoms with E-state index in [0.717, 1.165) is 28.5 Å². The third-order valence-electron chi connectivity index (χ3n) is 8.58. The van der Waals surface area contributed by atoms with E-state index in [0.29, 0.717) is 0 Å². The van der Waals surface area contributed by atoms with Gasteiger partial charge in [-0.2, -0.15) is 0 Å². The SMILES string of the molecule is c1ccc2c(c1)N=C1c3cc(-c4cc5ccccc5c5ccccc45)ccc3N(c3ccc4ccccc4c3)C1N2. The van der Waals surface area contributed by atoms with E-state index in [1.54, 1.807) is 0 Å². The molecule has 0 aliphatic carbocycles. The summed E-state index contributed by atoms with van der Waals surface area (Å²) in [4.78, 5) is 7.65. The minimum atomic E-state index is -0.0929. The Morgan fingerprint density at radius 3 is 2.17 bits per heavy atom. The largest absolute Gasteiger partial charge is 0.358 e. The van der Waals surface area contributed by atoms with Gasteiger partial charge in [-0.25, -0.2) is 4.99 Å². The maximum atomic E-state index is 5.25. The fourth-order valence-electron chi connectivity index (χ4n) is 6.66. The van der Waals surface area contributed by atoms with Crippen LogP contribution in [0, 0.1) is 0 Å². The molecule has 192 valence electrons. The average Bonchev–Trinajstić information content (AvgIpc) is 3.35. The number of hydrogen-bond acceptors (Lipinski definition) is 3. The van der Waals surface area contributed by atoms with Gasteiger partial charge in [0.2, 0.25) is 0 Å². The second-order valence-electron chi connectivity index (χ2n) is 10.9. The molecule has 0 fully saturated rings. The first-order chi connectivity index (χ1) is 20.3. The molecule has 0 bridgehead atoms. The number of para-hydroxylation sites is 2. The predicted molar refractivity (Wildman–Crippen MR) is 173 cm³/mol. The van der Waals surface area contributed by atoms with Gasteiger partial charge < -0.3 is 10.2 Å². The van der Waals surface area contributed by atoms with Crippen LogP contribution < -0.4 is 10.2 Å². The number of rotatable bonds is 2. The molecule has 0 amide bonds. The summed E-state index contributed by atoms with van der Waals surface area (Å²) in [5.41, 5.74) is 9.01. The van der Waals surface area contributed by atoms with Crippen LogP contribution in [0.5, 0.6) is 0 Å². The summed E-state index contributed by atoms with van der Waals surface area (Å²) in [6.45, 7) is 0. The number of aliphatic imine (C=N–C) groups is 1. The molecule has 1 atom stereocenters. The van der Waals surface area contributed by atoms with E-state index in [1.165, 1.54) is 49.0 Å². The van der Waals surface area contributed by atoms with E-state index in [4.69, 9.17) is 4.99 Å². The van der Waals surface area contributed by atoms with E-state index >= 15 is 0 Å². The van der Waals surface area contributed by atoms with E-state index in [9.17, 15) is 0 Å². The first kappa shape index (κ1) is 22.4. The lowest BCUT2D eigenvalue weighted by Crippen LogP contribution is -2.40. The van der Waals surface area contributed by atoms with Crippen molar-refractivity contribution in [2.75, 3.05) is 10.2 Å². The Kier molecular flexibility index (Phi) is 4.67. The summed E-state index contributed by atoms with van der Waals surface area (Å²) in [5, 5.41) is 11.4. The second-order valence-corrected chi connectivity index (χ2v) is 10.9. The van der Waals surface area contributed by atoms with Gasteiger partial charge in [0.15, 0.2) is 0 Å². The Hall–Kier alpha value is -5.41. The third-order valence-corrected chi connectivity index (χ3v) is 8.58. The molecule has 0 saturated heterocycles. The highest BCUT2D eigenvalue weighted by atomic mass is 15.3. The molecular formula is C38H25N3. The van der Waals surface area contributed by atoms with Crippen LogP contribution in [0.1, 0.15) is 5.56 Å². The molecule has 7 aromatic rings. The zero-order valence-corrected chi connectivity index (χ0v) is 22.3. The Morgan fingerprint density at radius 1 is 0.537 bits per heavy atom. The lowest BCUT2D eigenvalue weighted by atomic mass is 9.92. The summed E-state index contributed by atoms with van der Waals surface area (Å²) in [5.74, 6) is 0. The lowest BCUT2D eigenvalue weighted by molar-refractivity contribution is 0.939. The van der Waals surface area contributed by atoms with Gasteiger partial charge in [0, 0.05) is 11.3 Å². The molecule has 9 rings (SSSR count). The van der Waals surface area contributed by atoms with Gasteiger partial charge in [0.25, 0.3) is 0 Å². The smallest absolute Gasteiger partial charge is 0.148 e. The van der Waals surface area contributed by atoms with Gasteiger partial charge in [-0.05, 0) is 85.9 Å². The molecule has 0 spiro atoms. The first-order valence-electron chi connectivity index (χ1n) is 14.1. The Labute approximate surface area is 238 Å². The van der Waals surface area contributed by atoms with Crippen LogP contribution in [0.4, 0.5) is 22.7 Å². The quantitative estimate of drug-likeness (QED) is 0.228. The van der Waals surface area contributed by atoms with Gasteiger partial charge in [0.05, 0.1) is 22.8 Å². The molecule has 2 aliphatic rings. The van der Waals surface area contributed by atoms with Crippen molar-refractivity contribution in [3.8, 4) is 11.1 Å². The molecule has 1 unspecified atom stereocenters. The van der Waals surface area contributed by atoms with Gasteiger partial charge >= 0.3 is 0 Å². The van der Waals surface area contributed by atoms with Crippen molar-refractivity contribution in [3.63, 3.8) is 0 Å². The highest BCUT2D eigenvalue weighted by molar-refractivity contribution is 6.21. The topological polar surface area (TPSA) is 27.6 Å². The highest BCUT2D eigenvalue weighted by Gasteiger charge is 2.39. The summed E-state index contributed by atoms with van der Waals surface area (Å²) in [7, 11) is 0. The lowest BCUT2D eigenvalue weighted by Gasteiger charge is -2.31. The van der Waals surface area contributed by atoms with Crippen molar-refractivity contribution in [3.05, 3.63) is 145 Å². The van der Waals surface area contributed by atoms with Crippen molar-refractivity contribution in [1.82, 2.24) is 0 Å². The molecule has 0 saturated carbocycles. The minimum absolute atomic E-state index is 0.0929. The highest BCUT2D eigenvalue weighted by Crippen LogP contribution is 2.46. The molecule has 2 heterocycles. The predicted octanol–water partition coefficient (Wildman–Crippen LogP) is 9.84. The molecule has 0 aromatic heterocycles. The summed E-state index contributed by atoms with van der Waals surface area (Å²) >= 11 is 0. The Bertz CT molecular complexity index is 2210. The number of hydrogen-bond donors (Lipinski definition) is 1. The van der Waals surface area contributed by atoms with Gasteiger partial charge in [-0.1, -0.05) is 97.1 Å². The molecular weight excluding hydrogens is 498 g/mol. The van der Waals surface area contributed by atoms with Crippen molar-refractivity contribution in [1.29, 1.82) is 0 Å². The van der Waals surface area contributed by atoms with Crippen LogP contribution >= 0.6 is 0 Å². The molecule has 3 heteroatoms. The fourth-order valence-corrected chi connectivity index (χ4v) is 6.66. The van der Waals surface area contributed by atoms with Gasteiger partial charge in [0.1, 0.15) is 6.17 Å². The van der Waals surface area contributed by atoms with Crippen molar-refractivity contribution >= 4 is 60.8 Å². The molecule has 3 nitrogen and oxygen atoms in total. The van der Waals surface area contributed by atoms with Crippen LogP contribution in [0.15, 0.2) is 145 Å². The van der Waals surface area contributed by atoms with Crippen LogP contribution in [0.25, 0.3) is 43.4 Å². The first-order valence-corrected chi connectivity index (χ1v) is 14.1. The fraction of sp³-hybridized carbons (Fsp3) is 0.0263. The van der Waals surface area contributed by atoms with Gasteiger partial charge in [-0.3, -0.25) is 0 Å². The number of fused-ring (bicyclic) bond motifs is 8. The molecule has 7 aromatic carbocycles. The Morgan fingerprint density at radius 2 is 1.27 bits per heavy atom. The van der Waals surface area contributed by atoms with Crippen molar-refractivity contribution in [2.24, 2.45) is 4.99 Å². The number of anilines is 3. The van der Waals surface area contributed by atoms with E-state index in [1.807, 2.05) is 0 Å². The second kappa shape index (κ2) is 8.54. The standard InChI is InChI=1S/C38H25N3/c1-2-10-25-21-28(19-17-24(25)9-1)41-36-20-18-27(23-33(36)37-38(41)40-35-16-8-7-15-34(35)39-37)32-22-26-11-3-4-12-29(26)30-13-5-6-14-31(30)32/h1-23,38,40H. The number of nitrogens with zero attached hydrogens (tertiary/aromatic N) is 2. The molecule has 41 heavy (non-hydrogen) atoms. The third kappa shape index (κ3) is 3.36. The van der Waals surface area contributed by atoms with E-state index in [2.05, 4.69) is 150 Å². The molecule has 0 radical (unpaired) electrons. The Balaban J connectivity index is 1.28. The van der Waals surface area contributed by atoms with Crippen LogP contribution in [-0.4, -0.2) is 11.9 Å². The van der Waals surface area contributed by atoms with E-state index in [-0.39, 0.29) is 6.17 Å². The van der Waals surface area contributed by atoms with Crippen molar-refractivity contribution < 1.29 is 0 Å². The minimum Gasteiger partial charge on any atom is -0.358 e. The average molecular weight is 524 g/mol. The van der Waals surface area contributed by atoms with Gasteiger partial charge in [-0.15, -0.1) is 0 Å². The maximum Gasteiger partial charge on any atom is 0.148 e. The van der Waals surface area contributed by atoms with Crippen LogP contribution in [0.2, 0.25) is 0 Å². The summed E-state index contributed by atoms with van der Waals surface area (Å²) in [6, 6.07) is 50.2. The van der Waals surface area contributed by atoms with Crippen LogP contribution in [-0.2, 0) is 0 Å². The van der Waals surface area contributed by atoms with Crippen molar-refractivity contribution in [2.45, 2.75) is 6.17 Å². The maximum absolute atomic E-state index is 5.25. The summed E-state index contributed by atoms with van der Waals surface area (Å²) < 4.78 is 0. The number of nitrogens with one attached hydrogen (secondary N) is 1.